The minimum atomic E-state index is -1.11. The molecule has 6 N–H and O–H groups in total. The number of H-pyrrole nitrogens is 1. The van der Waals surface area contributed by atoms with Gasteiger partial charge in [-0.25, -0.2) is 4.79 Å². The van der Waals surface area contributed by atoms with Gasteiger partial charge in [0.05, 0.1) is 6.04 Å². The average Bonchev–Trinajstić information content (AvgIpc) is 3.21. The second-order valence-corrected chi connectivity index (χ2v) is 8.95. The number of nitrogens with one attached hydrogen (secondary N) is 3. The minimum absolute atomic E-state index is 0.0770. The van der Waals surface area contributed by atoms with Crippen molar-refractivity contribution < 1.29 is 19.5 Å². The summed E-state index contributed by atoms with van der Waals surface area (Å²) in [5, 5.41) is 15.8. The molecule has 0 aliphatic carbocycles. The zero-order chi connectivity index (χ0) is 24.7. The fourth-order valence-electron chi connectivity index (χ4n) is 3.93. The molecule has 3 atom stereocenters. The number of aromatic amines is 1. The van der Waals surface area contributed by atoms with Crippen molar-refractivity contribution in [2.24, 2.45) is 11.7 Å². The molecule has 0 radical (unpaired) electrons. The number of amides is 2. The molecule has 180 valence electrons. The fourth-order valence-corrected chi connectivity index (χ4v) is 3.93. The zero-order valence-corrected chi connectivity index (χ0v) is 19.5. The van der Waals surface area contributed by atoms with Crippen molar-refractivity contribution in [3.63, 3.8) is 0 Å². The number of carbonyl (C=O) groups is 3. The second kappa shape index (κ2) is 11.5. The molecule has 8 nitrogen and oxygen atoms in total. The number of fused-ring (bicyclic) bond motifs is 1. The van der Waals surface area contributed by atoms with E-state index in [-0.39, 0.29) is 18.8 Å². The summed E-state index contributed by atoms with van der Waals surface area (Å²) in [7, 11) is 0. The molecule has 2 amide bonds. The van der Waals surface area contributed by atoms with Crippen LogP contribution in [0, 0.1) is 5.92 Å². The molecule has 3 aromatic rings. The molecule has 34 heavy (non-hydrogen) atoms. The Morgan fingerprint density at radius 2 is 1.56 bits per heavy atom. The summed E-state index contributed by atoms with van der Waals surface area (Å²) in [5.74, 6) is -2.06. The molecule has 0 fully saturated rings. The Morgan fingerprint density at radius 3 is 2.24 bits per heavy atom. The molecule has 0 spiro atoms. The Balaban J connectivity index is 1.73. The Morgan fingerprint density at radius 1 is 0.912 bits per heavy atom. The summed E-state index contributed by atoms with van der Waals surface area (Å²) >= 11 is 0. The molecular formula is C26H32N4O4. The Kier molecular flexibility index (Phi) is 8.43. The van der Waals surface area contributed by atoms with Crippen LogP contribution in [0.2, 0.25) is 0 Å². The third-order valence-corrected chi connectivity index (χ3v) is 5.69. The monoisotopic (exact) mass is 464 g/mol. The predicted molar refractivity (Wildman–Crippen MR) is 131 cm³/mol. The van der Waals surface area contributed by atoms with Crippen molar-refractivity contribution >= 4 is 28.7 Å². The van der Waals surface area contributed by atoms with Crippen LogP contribution in [-0.4, -0.2) is 46.0 Å². The third-order valence-electron chi connectivity index (χ3n) is 5.69. The summed E-state index contributed by atoms with van der Waals surface area (Å²) in [6.07, 6.45) is 2.62. The molecule has 0 saturated heterocycles. The molecule has 0 unspecified atom stereocenters. The Hall–Kier alpha value is -3.65. The smallest absolute Gasteiger partial charge is 0.326 e. The van der Waals surface area contributed by atoms with Crippen molar-refractivity contribution in [2.45, 2.75) is 51.2 Å². The van der Waals surface area contributed by atoms with E-state index in [1.165, 1.54) is 0 Å². The highest BCUT2D eigenvalue weighted by atomic mass is 16.4. The number of carboxylic acids is 1. The van der Waals surface area contributed by atoms with Crippen molar-refractivity contribution in [3.8, 4) is 0 Å². The number of nitrogens with two attached hydrogens (primary N) is 1. The van der Waals surface area contributed by atoms with E-state index < -0.39 is 35.9 Å². The number of carbonyl (C=O) groups excluding carboxylic acids is 2. The lowest BCUT2D eigenvalue weighted by atomic mass is 10.0. The third kappa shape index (κ3) is 6.68. The number of rotatable bonds is 11. The number of carboxylic acid groups (broad SMARTS) is 1. The standard InChI is InChI=1S/C26H32N4O4/c1-16(2)12-23(26(33)34)30-25(32)22(13-17-8-4-3-5-9-17)29-24(31)20(27)14-18-15-28-21-11-7-6-10-19(18)21/h3-11,15-16,20,22-23,28H,12-14,27H2,1-2H3,(H,29,31)(H,30,32)(H,33,34)/t20-,22-,23-/m0/s1. The lowest BCUT2D eigenvalue weighted by Gasteiger charge is -2.23. The van der Waals surface area contributed by atoms with Crippen molar-refractivity contribution in [1.29, 1.82) is 0 Å². The van der Waals surface area contributed by atoms with Gasteiger partial charge in [0, 0.05) is 23.5 Å². The Labute approximate surface area is 198 Å². The second-order valence-electron chi connectivity index (χ2n) is 8.95. The molecule has 2 aromatic carbocycles. The van der Waals surface area contributed by atoms with Gasteiger partial charge in [-0.15, -0.1) is 0 Å². The normalized spacial score (nSPS) is 13.9. The predicted octanol–water partition coefficient (Wildman–Crippen LogP) is 2.38. The molecule has 0 aliphatic rings. The van der Waals surface area contributed by atoms with E-state index in [1.807, 2.05) is 74.6 Å². The Bertz CT molecular complexity index is 1130. The van der Waals surface area contributed by atoms with Crippen LogP contribution in [0.5, 0.6) is 0 Å². The maximum atomic E-state index is 13.1. The first-order chi connectivity index (χ1) is 16.2. The van der Waals surface area contributed by atoms with E-state index in [2.05, 4.69) is 15.6 Å². The van der Waals surface area contributed by atoms with Crippen molar-refractivity contribution in [1.82, 2.24) is 15.6 Å². The summed E-state index contributed by atoms with van der Waals surface area (Å²) < 4.78 is 0. The van der Waals surface area contributed by atoms with Gasteiger partial charge in [0.15, 0.2) is 0 Å². The van der Waals surface area contributed by atoms with Gasteiger partial charge in [0.25, 0.3) is 0 Å². The highest BCUT2D eigenvalue weighted by molar-refractivity contribution is 5.92. The number of benzene rings is 2. The maximum Gasteiger partial charge on any atom is 0.326 e. The quantitative estimate of drug-likeness (QED) is 0.297. The molecule has 1 aromatic heterocycles. The van der Waals surface area contributed by atoms with E-state index >= 15 is 0 Å². The molecule has 8 heteroatoms. The highest BCUT2D eigenvalue weighted by Gasteiger charge is 2.29. The van der Waals surface area contributed by atoms with Crippen LogP contribution >= 0.6 is 0 Å². The number of para-hydroxylation sites is 1. The van der Waals surface area contributed by atoms with Crippen molar-refractivity contribution in [3.05, 3.63) is 71.9 Å². The van der Waals surface area contributed by atoms with Gasteiger partial charge in [0.1, 0.15) is 12.1 Å². The summed E-state index contributed by atoms with van der Waals surface area (Å²) in [6.45, 7) is 3.77. The molecular weight excluding hydrogens is 432 g/mol. The van der Waals surface area contributed by atoms with Gasteiger partial charge in [-0.2, -0.15) is 0 Å². The van der Waals surface area contributed by atoms with E-state index in [9.17, 15) is 19.5 Å². The molecule has 0 saturated carbocycles. The molecule has 3 rings (SSSR count). The van der Waals surface area contributed by atoms with Crippen LogP contribution in [0.1, 0.15) is 31.4 Å². The van der Waals surface area contributed by atoms with Gasteiger partial charge < -0.3 is 26.5 Å². The molecule has 0 aliphatic heterocycles. The van der Waals surface area contributed by atoms with Crippen LogP contribution in [0.25, 0.3) is 10.9 Å². The van der Waals surface area contributed by atoms with Crippen LogP contribution in [0.4, 0.5) is 0 Å². The number of aliphatic carboxylic acids is 1. The van der Waals surface area contributed by atoms with Crippen LogP contribution < -0.4 is 16.4 Å². The summed E-state index contributed by atoms with van der Waals surface area (Å²) in [6, 6.07) is 14.1. The van der Waals surface area contributed by atoms with E-state index in [1.54, 1.807) is 0 Å². The van der Waals surface area contributed by atoms with Gasteiger partial charge in [-0.3, -0.25) is 9.59 Å². The minimum Gasteiger partial charge on any atom is -0.480 e. The van der Waals surface area contributed by atoms with Gasteiger partial charge in [-0.1, -0.05) is 62.4 Å². The first-order valence-electron chi connectivity index (χ1n) is 11.4. The molecule has 1 heterocycles. The zero-order valence-electron chi connectivity index (χ0n) is 19.5. The van der Waals surface area contributed by atoms with Crippen molar-refractivity contribution in [2.75, 3.05) is 0 Å². The van der Waals surface area contributed by atoms with Crippen LogP contribution in [0.15, 0.2) is 60.8 Å². The summed E-state index contributed by atoms with van der Waals surface area (Å²) in [5.41, 5.74) is 8.90. The average molecular weight is 465 g/mol. The lowest BCUT2D eigenvalue weighted by Crippen LogP contribution is -2.55. The van der Waals surface area contributed by atoms with Crippen LogP contribution in [0.3, 0.4) is 0 Å². The lowest BCUT2D eigenvalue weighted by molar-refractivity contribution is -0.142. The largest absolute Gasteiger partial charge is 0.480 e. The molecule has 0 bridgehead atoms. The fraction of sp³-hybridized carbons (Fsp3) is 0.346. The first-order valence-corrected chi connectivity index (χ1v) is 11.4. The topological polar surface area (TPSA) is 137 Å². The first kappa shape index (κ1) is 25.0. The van der Waals surface area contributed by atoms with E-state index in [4.69, 9.17) is 5.73 Å². The van der Waals surface area contributed by atoms with E-state index in [0.717, 1.165) is 22.0 Å². The van der Waals surface area contributed by atoms with Gasteiger partial charge in [-0.05, 0) is 36.0 Å². The summed E-state index contributed by atoms with van der Waals surface area (Å²) in [4.78, 5) is 40.8. The maximum absolute atomic E-state index is 13.1. The number of aromatic nitrogens is 1. The number of hydrogen-bond acceptors (Lipinski definition) is 4. The van der Waals surface area contributed by atoms with E-state index in [0.29, 0.717) is 6.42 Å². The number of hydrogen-bond donors (Lipinski definition) is 5. The highest BCUT2D eigenvalue weighted by Crippen LogP contribution is 2.19. The van der Waals surface area contributed by atoms with Crippen LogP contribution in [-0.2, 0) is 27.2 Å². The van der Waals surface area contributed by atoms with Gasteiger partial charge in [0.2, 0.25) is 11.8 Å². The van der Waals surface area contributed by atoms with Gasteiger partial charge >= 0.3 is 5.97 Å². The SMILES string of the molecule is CC(C)C[C@H](NC(=O)[C@H](Cc1ccccc1)NC(=O)[C@@H](N)Cc1c[nH]c2ccccc12)C(=O)O.